The topological polar surface area (TPSA) is 26.3 Å². The Balaban J connectivity index is 3.64. The van der Waals surface area contributed by atoms with Gasteiger partial charge in [0.15, 0.2) is 0 Å². The summed E-state index contributed by atoms with van der Waals surface area (Å²) in [5.41, 5.74) is 0.554. The maximum absolute atomic E-state index is 11.1. The third kappa shape index (κ3) is 4.16. The Labute approximate surface area is 74.6 Å². The van der Waals surface area contributed by atoms with Gasteiger partial charge in [-0.1, -0.05) is 33.8 Å². The van der Waals surface area contributed by atoms with Crippen LogP contribution in [0, 0.1) is 5.92 Å². The molecule has 12 heavy (non-hydrogen) atoms. The van der Waals surface area contributed by atoms with Crippen LogP contribution in [0.3, 0.4) is 0 Å². The van der Waals surface area contributed by atoms with Gasteiger partial charge in [-0.05, 0) is 12.3 Å². The van der Waals surface area contributed by atoms with Crippen LogP contribution in [0.5, 0.6) is 0 Å². The van der Waals surface area contributed by atoms with Crippen LogP contribution in [-0.2, 0) is 9.53 Å². The molecule has 0 fully saturated rings. The third-order valence-corrected chi connectivity index (χ3v) is 1.91. The quantitative estimate of drug-likeness (QED) is 0.468. The first-order valence-electron chi connectivity index (χ1n) is 4.46. The first kappa shape index (κ1) is 11.2. The SMILES string of the molecule is C=C(CC)C(=O)OCC(C)CC. The van der Waals surface area contributed by atoms with Crippen LogP contribution in [0.4, 0.5) is 0 Å². The lowest BCUT2D eigenvalue weighted by Gasteiger charge is -2.09. The van der Waals surface area contributed by atoms with Crippen molar-refractivity contribution in [3.63, 3.8) is 0 Å². The molecule has 0 aromatic rings. The van der Waals surface area contributed by atoms with Gasteiger partial charge in [0.05, 0.1) is 6.61 Å². The second kappa shape index (κ2) is 5.81. The minimum Gasteiger partial charge on any atom is -0.462 e. The van der Waals surface area contributed by atoms with Crippen molar-refractivity contribution in [3.8, 4) is 0 Å². The summed E-state index contributed by atoms with van der Waals surface area (Å²) < 4.78 is 5.01. The van der Waals surface area contributed by atoms with Gasteiger partial charge in [0.25, 0.3) is 0 Å². The molecule has 0 spiro atoms. The second-order valence-electron chi connectivity index (χ2n) is 3.07. The maximum Gasteiger partial charge on any atom is 0.333 e. The molecule has 1 atom stereocenters. The predicted octanol–water partition coefficient (Wildman–Crippen LogP) is 2.54. The lowest BCUT2D eigenvalue weighted by atomic mass is 10.1. The molecule has 0 saturated heterocycles. The lowest BCUT2D eigenvalue weighted by molar-refractivity contribution is -0.140. The molecule has 0 amide bonds. The summed E-state index contributed by atoms with van der Waals surface area (Å²) in [4.78, 5) is 11.1. The fraction of sp³-hybridized carbons (Fsp3) is 0.700. The van der Waals surface area contributed by atoms with E-state index < -0.39 is 0 Å². The van der Waals surface area contributed by atoms with E-state index in [9.17, 15) is 4.79 Å². The van der Waals surface area contributed by atoms with E-state index in [1.807, 2.05) is 6.92 Å². The van der Waals surface area contributed by atoms with Crippen LogP contribution in [0.15, 0.2) is 12.2 Å². The Morgan fingerprint density at radius 2 is 2.08 bits per heavy atom. The average Bonchev–Trinajstić information content (AvgIpc) is 2.11. The van der Waals surface area contributed by atoms with Gasteiger partial charge in [-0.15, -0.1) is 0 Å². The summed E-state index contributed by atoms with van der Waals surface area (Å²) in [6.45, 7) is 10.1. The van der Waals surface area contributed by atoms with E-state index in [-0.39, 0.29) is 5.97 Å². The molecule has 0 rings (SSSR count). The maximum atomic E-state index is 11.1. The highest BCUT2D eigenvalue weighted by Crippen LogP contribution is 2.04. The van der Waals surface area contributed by atoms with Crippen molar-refractivity contribution in [3.05, 3.63) is 12.2 Å². The number of esters is 1. The minimum absolute atomic E-state index is 0.252. The smallest absolute Gasteiger partial charge is 0.333 e. The molecule has 0 heterocycles. The summed E-state index contributed by atoms with van der Waals surface area (Å²) in [5.74, 6) is 0.191. The molecule has 70 valence electrons. The Morgan fingerprint density at radius 3 is 2.50 bits per heavy atom. The zero-order chi connectivity index (χ0) is 9.56. The highest BCUT2D eigenvalue weighted by atomic mass is 16.5. The molecule has 0 N–H and O–H groups in total. The van der Waals surface area contributed by atoms with Gasteiger partial charge in [0.2, 0.25) is 0 Å². The number of rotatable bonds is 5. The average molecular weight is 170 g/mol. The summed E-state index contributed by atoms with van der Waals surface area (Å²) in [6, 6.07) is 0. The van der Waals surface area contributed by atoms with Gasteiger partial charge >= 0.3 is 5.97 Å². The Hall–Kier alpha value is -0.790. The van der Waals surface area contributed by atoms with Crippen molar-refractivity contribution >= 4 is 5.97 Å². The van der Waals surface area contributed by atoms with Gasteiger partial charge in [-0.25, -0.2) is 4.79 Å². The number of carbonyl (C=O) groups is 1. The summed E-state index contributed by atoms with van der Waals surface area (Å²) in [7, 11) is 0. The highest BCUT2D eigenvalue weighted by molar-refractivity contribution is 5.87. The summed E-state index contributed by atoms with van der Waals surface area (Å²) in [6.07, 6.45) is 1.70. The third-order valence-electron chi connectivity index (χ3n) is 1.91. The van der Waals surface area contributed by atoms with Gasteiger partial charge in [-0.2, -0.15) is 0 Å². The van der Waals surface area contributed by atoms with Crippen molar-refractivity contribution in [2.75, 3.05) is 6.61 Å². The predicted molar refractivity (Wildman–Crippen MR) is 49.8 cm³/mol. The van der Waals surface area contributed by atoms with E-state index in [1.165, 1.54) is 0 Å². The number of hydrogen-bond acceptors (Lipinski definition) is 2. The van der Waals surface area contributed by atoms with Crippen LogP contribution in [0.2, 0.25) is 0 Å². The fourth-order valence-electron chi connectivity index (χ4n) is 0.582. The Kier molecular flexibility index (Phi) is 5.43. The summed E-state index contributed by atoms with van der Waals surface area (Å²) >= 11 is 0. The molecule has 0 aromatic carbocycles. The molecule has 2 nitrogen and oxygen atoms in total. The number of carbonyl (C=O) groups excluding carboxylic acids is 1. The van der Waals surface area contributed by atoms with Gasteiger partial charge < -0.3 is 4.74 Å². The number of ether oxygens (including phenoxy) is 1. The second-order valence-corrected chi connectivity index (χ2v) is 3.07. The molecule has 0 radical (unpaired) electrons. The molecule has 0 bridgehead atoms. The van der Waals surface area contributed by atoms with Crippen LogP contribution in [-0.4, -0.2) is 12.6 Å². The van der Waals surface area contributed by atoms with Gasteiger partial charge in [0.1, 0.15) is 0 Å². The van der Waals surface area contributed by atoms with E-state index in [1.54, 1.807) is 0 Å². The van der Waals surface area contributed by atoms with Crippen LogP contribution < -0.4 is 0 Å². The zero-order valence-corrected chi connectivity index (χ0v) is 8.22. The normalized spacial score (nSPS) is 12.2. The standard InChI is InChI=1S/C10H18O2/c1-5-8(3)7-12-10(11)9(4)6-2/h8H,4-7H2,1-3H3. The van der Waals surface area contributed by atoms with Gasteiger partial charge in [0, 0.05) is 5.57 Å². The van der Waals surface area contributed by atoms with E-state index in [4.69, 9.17) is 4.74 Å². The van der Waals surface area contributed by atoms with E-state index >= 15 is 0 Å². The largest absolute Gasteiger partial charge is 0.462 e. The lowest BCUT2D eigenvalue weighted by Crippen LogP contribution is -2.12. The molecule has 1 unspecified atom stereocenters. The Morgan fingerprint density at radius 1 is 1.50 bits per heavy atom. The zero-order valence-electron chi connectivity index (χ0n) is 8.22. The molecular weight excluding hydrogens is 152 g/mol. The van der Waals surface area contributed by atoms with Crippen molar-refractivity contribution in [2.24, 2.45) is 5.92 Å². The summed E-state index contributed by atoms with van der Waals surface area (Å²) in [5, 5.41) is 0. The van der Waals surface area contributed by atoms with E-state index in [0.717, 1.165) is 6.42 Å². The van der Waals surface area contributed by atoms with Crippen LogP contribution in [0.25, 0.3) is 0 Å². The molecule has 0 aromatic heterocycles. The molecule has 2 heteroatoms. The minimum atomic E-state index is -0.252. The van der Waals surface area contributed by atoms with Crippen LogP contribution in [0.1, 0.15) is 33.6 Å². The van der Waals surface area contributed by atoms with E-state index in [2.05, 4.69) is 20.4 Å². The van der Waals surface area contributed by atoms with Crippen molar-refractivity contribution < 1.29 is 9.53 Å². The van der Waals surface area contributed by atoms with E-state index in [0.29, 0.717) is 24.5 Å². The van der Waals surface area contributed by atoms with Crippen LogP contribution >= 0.6 is 0 Å². The molecule has 0 aliphatic heterocycles. The fourth-order valence-corrected chi connectivity index (χ4v) is 0.582. The number of hydrogen-bond donors (Lipinski definition) is 0. The first-order valence-corrected chi connectivity index (χ1v) is 4.46. The highest BCUT2D eigenvalue weighted by Gasteiger charge is 2.07. The van der Waals surface area contributed by atoms with Gasteiger partial charge in [-0.3, -0.25) is 0 Å². The molecule has 0 aliphatic carbocycles. The first-order chi connectivity index (χ1) is 5.61. The molecular formula is C10H18O2. The van der Waals surface area contributed by atoms with Crippen molar-refractivity contribution in [2.45, 2.75) is 33.6 Å². The monoisotopic (exact) mass is 170 g/mol. The van der Waals surface area contributed by atoms with Crippen molar-refractivity contribution in [1.29, 1.82) is 0 Å². The van der Waals surface area contributed by atoms with Crippen molar-refractivity contribution in [1.82, 2.24) is 0 Å². The molecule has 0 saturated carbocycles. The molecule has 0 aliphatic rings. The Bertz CT molecular complexity index is 161.